The van der Waals surface area contributed by atoms with Crippen LogP contribution < -0.4 is 0 Å². The van der Waals surface area contributed by atoms with Crippen LogP contribution >= 0.6 is 0 Å². The molecule has 3 rings (SSSR count). The van der Waals surface area contributed by atoms with Gasteiger partial charge in [0, 0.05) is 38.0 Å². The molecule has 106 valence electrons. The molecule has 0 unspecified atom stereocenters. The Morgan fingerprint density at radius 1 is 0.632 bits per heavy atom. The molecular weight excluding hydrogens is 240 g/mol. The smallest absolute Gasteiger partial charge is 0.225 e. The third-order valence-corrected chi connectivity index (χ3v) is 4.75. The zero-order chi connectivity index (χ0) is 13.2. The van der Waals surface area contributed by atoms with Gasteiger partial charge in [-0.15, -0.1) is 0 Å². The summed E-state index contributed by atoms with van der Waals surface area (Å²) in [5.41, 5.74) is 0. The summed E-state index contributed by atoms with van der Waals surface area (Å²) in [4.78, 5) is 28.4. The van der Waals surface area contributed by atoms with Crippen LogP contribution in [0.1, 0.15) is 44.9 Å². The minimum absolute atomic E-state index is 0.168. The van der Waals surface area contributed by atoms with Crippen molar-refractivity contribution in [1.29, 1.82) is 0 Å². The largest absolute Gasteiger partial charge is 0.342 e. The fraction of sp³-hybridized carbons (Fsp3) is 0.867. The van der Waals surface area contributed by atoms with Crippen molar-refractivity contribution in [3.63, 3.8) is 0 Å². The van der Waals surface area contributed by atoms with Crippen molar-refractivity contribution in [2.75, 3.05) is 26.2 Å². The number of hydrogen-bond acceptors (Lipinski definition) is 2. The molecule has 0 aromatic carbocycles. The Kier molecular flexibility index (Phi) is 3.76. The highest BCUT2D eigenvalue weighted by molar-refractivity contribution is 5.82. The third kappa shape index (κ3) is 2.93. The normalized spacial score (nSPS) is 25.5. The first-order valence-corrected chi connectivity index (χ1v) is 7.83. The summed E-state index contributed by atoms with van der Waals surface area (Å²) in [5.74, 6) is 1.16. The number of likely N-dealkylation sites (tertiary alicyclic amines) is 2. The van der Waals surface area contributed by atoms with E-state index in [0.717, 1.165) is 64.7 Å². The van der Waals surface area contributed by atoms with Crippen molar-refractivity contribution >= 4 is 11.8 Å². The number of rotatable bonds is 2. The molecule has 19 heavy (non-hydrogen) atoms. The Bertz CT molecular complexity index is 351. The maximum atomic E-state index is 12.4. The molecule has 2 amide bonds. The van der Waals surface area contributed by atoms with E-state index in [4.69, 9.17) is 0 Å². The van der Waals surface area contributed by atoms with Crippen LogP contribution in [-0.4, -0.2) is 47.8 Å². The fourth-order valence-electron chi connectivity index (χ4n) is 3.31. The molecule has 4 heteroatoms. The number of amides is 2. The van der Waals surface area contributed by atoms with Gasteiger partial charge in [-0.2, -0.15) is 0 Å². The standard InChI is InChI=1S/C15H24N2O2/c18-14(12-4-5-12)17-10-6-13(7-11-17)15(19)16-8-2-1-3-9-16/h12-13H,1-11H2. The molecule has 0 radical (unpaired) electrons. The summed E-state index contributed by atoms with van der Waals surface area (Å²) in [7, 11) is 0. The molecule has 2 saturated heterocycles. The van der Waals surface area contributed by atoms with Gasteiger partial charge in [-0.25, -0.2) is 0 Å². The molecule has 1 saturated carbocycles. The van der Waals surface area contributed by atoms with Gasteiger partial charge in [0.15, 0.2) is 0 Å². The number of hydrogen-bond donors (Lipinski definition) is 0. The van der Waals surface area contributed by atoms with Crippen LogP contribution in [0.2, 0.25) is 0 Å². The molecule has 2 aliphatic heterocycles. The number of piperidine rings is 2. The summed E-state index contributed by atoms with van der Waals surface area (Å²) < 4.78 is 0. The van der Waals surface area contributed by atoms with Crippen molar-refractivity contribution in [1.82, 2.24) is 9.80 Å². The average Bonchev–Trinajstić information content (AvgIpc) is 3.31. The molecule has 0 aromatic rings. The van der Waals surface area contributed by atoms with E-state index < -0.39 is 0 Å². The van der Waals surface area contributed by atoms with E-state index in [2.05, 4.69) is 0 Å². The Balaban J connectivity index is 1.48. The maximum Gasteiger partial charge on any atom is 0.225 e. The summed E-state index contributed by atoms with van der Waals surface area (Å²) in [6, 6.07) is 0. The van der Waals surface area contributed by atoms with Gasteiger partial charge < -0.3 is 9.80 Å². The van der Waals surface area contributed by atoms with Gasteiger partial charge in [-0.05, 0) is 44.9 Å². The van der Waals surface area contributed by atoms with E-state index in [1.807, 2.05) is 9.80 Å². The lowest BCUT2D eigenvalue weighted by Gasteiger charge is -2.35. The van der Waals surface area contributed by atoms with Crippen molar-refractivity contribution < 1.29 is 9.59 Å². The topological polar surface area (TPSA) is 40.6 Å². The Labute approximate surface area is 115 Å². The second kappa shape index (κ2) is 5.51. The molecule has 0 atom stereocenters. The quantitative estimate of drug-likeness (QED) is 0.761. The van der Waals surface area contributed by atoms with Crippen molar-refractivity contribution in [2.45, 2.75) is 44.9 Å². The zero-order valence-electron chi connectivity index (χ0n) is 11.6. The van der Waals surface area contributed by atoms with Gasteiger partial charge in [0.25, 0.3) is 0 Å². The lowest BCUT2D eigenvalue weighted by Crippen LogP contribution is -2.46. The number of carbonyl (C=O) groups excluding carboxylic acids is 2. The van der Waals surface area contributed by atoms with Crippen LogP contribution in [0, 0.1) is 11.8 Å². The van der Waals surface area contributed by atoms with Gasteiger partial charge in [0.05, 0.1) is 0 Å². The van der Waals surface area contributed by atoms with Gasteiger partial charge in [0.2, 0.25) is 11.8 Å². The molecule has 0 spiro atoms. The minimum Gasteiger partial charge on any atom is -0.342 e. The van der Waals surface area contributed by atoms with Crippen LogP contribution in [0.3, 0.4) is 0 Å². The van der Waals surface area contributed by atoms with Gasteiger partial charge in [-0.1, -0.05) is 0 Å². The van der Waals surface area contributed by atoms with E-state index in [1.54, 1.807) is 0 Å². The first-order chi connectivity index (χ1) is 9.25. The van der Waals surface area contributed by atoms with Crippen LogP contribution in [0.4, 0.5) is 0 Å². The van der Waals surface area contributed by atoms with Crippen LogP contribution in [0.5, 0.6) is 0 Å². The van der Waals surface area contributed by atoms with Gasteiger partial charge in [-0.3, -0.25) is 9.59 Å². The lowest BCUT2D eigenvalue weighted by atomic mass is 9.94. The zero-order valence-corrected chi connectivity index (χ0v) is 11.6. The highest BCUT2D eigenvalue weighted by Crippen LogP contribution is 2.32. The molecule has 3 fully saturated rings. The molecule has 1 aliphatic carbocycles. The monoisotopic (exact) mass is 264 g/mol. The highest BCUT2D eigenvalue weighted by atomic mass is 16.2. The molecule has 0 bridgehead atoms. The minimum atomic E-state index is 0.168. The van der Waals surface area contributed by atoms with E-state index in [0.29, 0.717) is 17.7 Å². The predicted molar refractivity (Wildman–Crippen MR) is 72.5 cm³/mol. The fourth-order valence-corrected chi connectivity index (χ4v) is 3.31. The summed E-state index contributed by atoms with van der Waals surface area (Å²) in [6.45, 7) is 3.47. The first-order valence-electron chi connectivity index (χ1n) is 7.83. The molecule has 4 nitrogen and oxygen atoms in total. The SMILES string of the molecule is O=C(C1CCN(C(=O)C2CC2)CC1)N1CCCCC1. The second-order valence-electron chi connectivity index (χ2n) is 6.26. The van der Waals surface area contributed by atoms with E-state index in [1.165, 1.54) is 6.42 Å². The van der Waals surface area contributed by atoms with Gasteiger partial charge >= 0.3 is 0 Å². The predicted octanol–water partition coefficient (Wildman–Crippen LogP) is 1.65. The first kappa shape index (κ1) is 12.9. The van der Waals surface area contributed by atoms with Crippen molar-refractivity contribution in [3.05, 3.63) is 0 Å². The van der Waals surface area contributed by atoms with Crippen molar-refractivity contribution in [3.8, 4) is 0 Å². The summed E-state index contributed by atoms with van der Waals surface area (Å²) in [6.07, 6.45) is 7.46. The van der Waals surface area contributed by atoms with Crippen LogP contribution in [0.15, 0.2) is 0 Å². The molecule has 3 aliphatic rings. The third-order valence-electron chi connectivity index (χ3n) is 4.75. The highest BCUT2D eigenvalue weighted by Gasteiger charge is 2.36. The van der Waals surface area contributed by atoms with E-state index in [-0.39, 0.29) is 5.92 Å². The molecule has 2 heterocycles. The Morgan fingerprint density at radius 3 is 1.63 bits per heavy atom. The molecular formula is C15H24N2O2. The number of carbonyl (C=O) groups is 2. The second-order valence-corrected chi connectivity index (χ2v) is 6.26. The Hall–Kier alpha value is -1.06. The molecule has 0 N–H and O–H groups in total. The average molecular weight is 264 g/mol. The van der Waals surface area contributed by atoms with Crippen LogP contribution in [0.25, 0.3) is 0 Å². The number of nitrogens with zero attached hydrogens (tertiary/aromatic N) is 2. The lowest BCUT2D eigenvalue weighted by molar-refractivity contribution is -0.141. The summed E-state index contributed by atoms with van der Waals surface area (Å²) >= 11 is 0. The van der Waals surface area contributed by atoms with Crippen molar-refractivity contribution in [2.24, 2.45) is 11.8 Å². The maximum absolute atomic E-state index is 12.4. The van der Waals surface area contributed by atoms with Crippen LogP contribution in [-0.2, 0) is 9.59 Å². The molecule has 0 aromatic heterocycles. The van der Waals surface area contributed by atoms with E-state index >= 15 is 0 Å². The Morgan fingerprint density at radius 2 is 1.11 bits per heavy atom. The summed E-state index contributed by atoms with van der Waals surface area (Å²) in [5, 5.41) is 0. The van der Waals surface area contributed by atoms with Gasteiger partial charge in [0.1, 0.15) is 0 Å². The van der Waals surface area contributed by atoms with E-state index in [9.17, 15) is 9.59 Å².